The summed E-state index contributed by atoms with van der Waals surface area (Å²) >= 11 is 0. The minimum Gasteiger partial charge on any atom is -0.267 e. The van der Waals surface area contributed by atoms with E-state index in [1.165, 1.54) is 12.1 Å². The second kappa shape index (κ2) is 7.09. The maximum atomic E-state index is 12.7. The number of aryl methyl sites for hydroxylation is 1. The zero-order valence-corrected chi connectivity index (χ0v) is 13.8. The molecule has 25 heavy (non-hydrogen) atoms. The maximum absolute atomic E-state index is 12.7. The zero-order chi connectivity index (χ0) is 17.9. The molecule has 0 saturated carbocycles. The Bertz CT molecular complexity index is 806. The van der Waals surface area contributed by atoms with Gasteiger partial charge in [0.05, 0.1) is 5.56 Å². The van der Waals surface area contributed by atoms with Crippen molar-refractivity contribution in [2.75, 3.05) is 6.54 Å². The highest BCUT2D eigenvalue weighted by Crippen LogP contribution is 2.31. The second-order valence-electron chi connectivity index (χ2n) is 5.90. The highest BCUT2D eigenvalue weighted by Gasteiger charge is 2.29. The first kappa shape index (κ1) is 17.2. The average Bonchev–Trinajstić information content (AvgIpc) is 2.55. The van der Waals surface area contributed by atoms with Crippen molar-refractivity contribution < 1.29 is 13.2 Å². The Morgan fingerprint density at radius 2 is 1.72 bits per heavy atom. The third kappa shape index (κ3) is 4.07. The number of nitrogens with one attached hydrogen (secondary N) is 1. The van der Waals surface area contributed by atoms with Crippen LogP contribution < -0.4 is 5.43 Å². The molecule has 0 atom stereocenters. The Labute approximate surface area is 144 Å². The molecule has 0 unspecified atom stereocenters. The molecule has 0 aromatic heterocycles. The first-order valence-electron chi connectivity index (χ1n) is 8.06. The van der Waals surface area contributed by atoms with Gasteiger partial charge in [0, 0.05) is 18.3 Å². The number of halogens is 3. The molecule has 0 spiro atoms. The molecule has 2 aromatic carbocycles. The molecule has 3 nitrogen and oxygen atoms in total. The summed E-state index contributed by atoms with van der Waals surface area (Å²) in [6.45, 7) is 2.68. The fraction of sp³-hybridized carbons (Fsp3) is 0.263. The number of hydrazone groups is 1. The Morgan fingerprint density at radius 1 is 1.00 bits per heavy atom. The van der Waals surface area contributed by atoms with Crippen molar-refractivity contribution in [3.05, 3.63) is 59.2 Å². The van der Waals surface area contributed by atoms with E-state index in [9.17, 15) is 13.2 Å². The molecule has 0 saturated heterocycles. The predicted octanol–water partition coefficient (Wildman–Crippen LogP) is 4.80. The quantitative estimate of drug-likeness (QED) is 0.834. The first-order valence-corrected chi connectivity index (χ1v) is 8.06. The summed E-state index contributed by atoms with van der Waals surface area (Å²) in [4.78, 5) is 4.54. The van der Waals surface area contributed by atoms with Gasteiger partial charge in [-0.05, 0) is 54.7 Å². The van der Waals surface area contributed by atoms with E-state index in [0.717, 1.165) is 47.2 Å². The van der Waals surface area contributed by atoms with Crippen molar-refractivity contribution >= 4 is 12.1 Å². The summed E-state index contributed by atoms with van der Waals surface area (Å²) in [5, 5.41) is 4.14. The number of hydrogen-bond donors (Lipinski definition) is 1. The Hall–Kier alpha value is -2.63. The number of benzene rings is 2. The standard InChI is InChI=1S/C19H18F3N3/c1-13-4-5-15(14-6-8-16(9-7-14)19(20,21)22)12-17(13)18-23-10-2-3-11-24-25-18/h4-9,11-12H,2-3,10H2,1H3,(H,23,25). The van der Waals surface area contributed by atoms with E-state index in [4.69, 9.17) is 0 Å². The fourth-order valence-electron chi connectivity index (χ4n) is 2.63. The molecule has 0 bridgehead atoms. The molecule has 0 fully saturated rings. The van der Waals surface area contributed by atoms with Crippen molar-refractivity contribution in [3.63, 3.8) is 0 Å². The lowest BCUT2D eigenvalue weighted by molar-refractivity contribution is -0.137. The highest BCUT2D eigenvalue weighted by molar-refractivity contribution is 6.01. The molecule has 130 valence electrons. The molecule has 1 aliphatic rings. The Morgan fingerprint density at radius 3 is 2.44 bits per heavy atom. The molecule has 2 aromatic rings. The number of alkyl halides is 3. The fourth-order valence-corrected chi connectivity index (χ4v) is 2.63. The monoisotopic (exact) mass is 345 g/mol. The molecule has 1 heterocycles. The minimum absolute atomic E-state index is 0.649. The van der Waals surface area contributed by atoms with Crippen molar-refractivity contribution in [2.24, 2.45) is 10.1 Å². The van der Waals surface area contributed by atoms with Crippen molar-refractivity contribution in [1.82, 2.24) is 5.43 Å². The summed E-state index contributed by atoms with van der Waals surface area (Å²) < 4.78 is 38.1. The van der Waals surface area contributed by atoms with Crippen molar-refractivity contribution in [3.8, 4) is 11.1 Å². The zero-order valence-electron chi connectivity index (χ0n) is 13.8. The molecule has 0 radical (unpaired) electrons. The van der Waals surface area contributed by atoms with Gasteiger partial charge in [-0.1, -0.05) is 24.3 Å². The third-order valence-corrected chi connectivity index (χ3v) is 4.06. The normalized spacial score (nSPS) is 15.1. The lowest BCUT2D eigenvalue weighted by atomic mass is 9.98. The van der Waals surface area contributed by atoms with E-state index in [1.54, 1.807) is 0 Å². The van der Waals surface area contributed by atoms with Gasteiger partial charge in [-0.25, -0.2) is 0 Å². The van der Waals surface area contributed by atoms with E-state index >= 15 is 0 Å². The molecule has 6 heteroatoms. The van der Waals surface area contributed by atoms with Crippen LogP contribution in [0.1, 0.15) is 29.5 Å². The van der Waals surface area contributed by atoms with Gasteiger partial charge in [0.1, 0.15) is 5.84 Å². The Kier molecular flexibility index (Phi) is 4.88. The number of rotatable bonds is 2. The topological polar surface area (TPSA) is 36.8 Å². The third-order valence-electron chi connectivity index (χ3n) is 4.06. The molecule has 0 amide bonds. The summed E-state index contributed by atoms with van der Waals surface area (Å²) in [6.07, 6.45) is -0.684. The lowest BCUT2D eigenvalue weighted by Gasteiger charge is -2.13. The molecule has 0 aliphatic carbocycles. The van der Waals surface area contributed by atoms with Gasteiger partial charge >= 0.3 is 6.18 Å². The lowest BCUT2D eigenvalue weighted by Crippen LogP contribution is -2.22. The average molecular weight is 345 g/mol. The van der Waals surface area contributed by atoms with E-state index in [2.05, 4.69) is 15.5 Å². The smallest absolute Gasteiger partial charge is 0.267 e. The molecule has 3 rings (SSSR count). The van der Waals surface area contributed by atoms with E-state index in [0.29, 0.717) is 12.4 Å². The van der Waals surface area contributed by atoms with E-state index in [-0.39, 0.29) is 0 Å². The van der Waals surface area contributed by atoms with Crippen LogP contribution in [0.5, 0.6) is 0 Å². The SMILES string of the molecule is Cc1ccc(-c2ccc(C(F)(F)F)cc2)cc1C1=NCCCC=NN1. The molecular formula is C19H18F3N3. The van der Waals surface area contributed by atoms with Crippen LogP contribution in [0.25, 0.3) is 11.1 Å². The van der Waals surface area contributed by atoms with E-state index < -0.39 is 11.7 Å². The van der Waals surface area contributed by atoms with E-state index in [1.807, 2.05) is 31.3 Å². The van der Waals surface area contributed by atoms with Gasteiger partial charge in [0.15, 0.2) is 0 Å². The van der Waals surface area contributed by atoms with Crippen LogP contribution in [0.15, 0.2) is 52.6 Å². The maximum Gasteiger partial charge on any atom is 0.416 e. The Balaban J connectivity index is 1.95. The molecule has 1 aliphatic heterocycles. The van der Waals surface area contributed by atoms with Crippen LogP contribution >= 0.6 is 0 Å². The molecule has 1 N–H and O–H groups in total. The van der Waals surface area contributed by atoms with Crippen LogP contribution in [-0.2, 0) is 6.18 Å². The highest BCUT2D eigenvalue weighted by atomic mass is 19.4. The summed E-state index contributed by atoms with van der Waals surface area (Å²) in [7, 11) is 0. The van der Waals surface area contributed by atoms with Gasteiger partial charge < -0.3 is 0 Å². The second-order valence-corrected chi connectivity index (χ2v) is 5.90. The van der Waals surface area contributed by atoms with Crippen LogP contribution in [-0.4, -0.2) is 18.6 Å². The first-order chi connectivity index (χ1) is 11.9. The van der Waals surface area contributed by atoms with Gasteiger partial charge in [-0.2, -0.15) is 18.3 Å². The number of amidine groups is 1. The van der Waals surface area contributed by atoms with Gasteiger partial charge in [-0.3, -0.25) is 10.4 Å². The largest absolute Gasteiger partial charge is 0.416 e. The van der Waals surface area contributed by atoms with Crippen LogP contribution in [0, 0.1) is 6.92 Å². The minimum atomic E-state index is -4.33. The van der Waals surface area contributed by atoms with Crippen molar-refractivity contribution in [2.45, 2.75) is 25.9 Å². The summed E-state index contributed by atoms with van der Waals surface area (Å²) in [5.41, 5.74) is 5.80. The summed E-state index contributed by atoms with van der Waals surface area (Å²) in [5.74, 6) is 0.683. The number of aliphatic imine (C=N–C) groups is 1. The number of nitrogens with zero attached hydrogens (tertiary/aromatic N) is 2. The summed E-state index contributed by atoms with van der Waals surface area (Å²) in [6, 6.07) is 10.9. The van der Waals surface area contributed by atoms with Crippen LogP contribution in [0.3, 0.4) is 0 Å². The van der Waals surface area contributed by atoms with Crippen LogP contribution in [0.4, 0.5) is 13.2 Å². The predicted molar refractivity (Wildman–Crippen MR) is 93.9 cm³/mol. The van der Waals surface area contributed by atoms with Gasteiger partial charge in [0.2, 0.25) is 0 Å². The van der Waals surface area contributed by atoms with Gasteiger partial charge in [-0.15, -0.1) is 0 Å². The van der Waals surface area contributed by atoms with Crippen LogP contribution in [0.2, 0.25) is 0 Å². The van der Waals surface area contributed by atoms with Gasteiger partial charge in [0.25, 0.3) is 0 Å². The molecular weight excluding hydrogens is 327 g/mol. The number of hydrogen-bond acceptors (Lipinski definition) is 3. The van der Waals surface area contributed by atoms with Crippen molar-refractivity contribution in [1.29, 1.82) is 0 Å².